The molecule has 5 nitrogen and oxygen atoms in total. The number of hydrogen-bond donors (Lipinski definition) is 1. The van der Waals surface area contributed by atoms with E-state index >= 15 is 0 Å². The average molecular weight is 423 g/mol. The highest BCUT2D eigenvalue weighted by molar-refractivity contribution is 5.88. The van der Waals surface area contributed by atoms with E-state index in [2.05, 4.69) is 4.90 Å². The van der Waals surface area contributed by atoms with Crippen LogP contribution >= 0.6 is 0 Å². The van der Waals surface area contributed by atoms with Crippen LogP contribution in [0.4, 0.5) is 18.9 Å². The molecule has 2 aromatic carbocycles. The summed E-state index contributed by atoms with van der Waals surface area (Å²) in [5, 5.41) is 9.10. The minimum Gasteiger partial charge on any atom is -0.478 e. The number of ether oxygens (including phenoxy) is 2. The number of anilines is 1. The van der Waals surface area contributed by atoms with Gasteiger partial charge in [0.25, 0.3) is 0 Å². The second kappa shape index (κ2) is 9.49. The largest absolute Gasteiger partial charge is 0.478 e. The van der Waals surface area contributed by atoms with Crippen LogP contribution in [-0.4, -0.2) is 50.6 Å². The normalized spacial score (nSPS) is 19.3. The maximum absolute atomic E-state index is 12.9. The van der Waals surface area contributed by atoms with Crippen molar-refractivity contribution in [2.75, 3.05) is 38.4 Å². The molecule has 1 aliphatic rings. The summed E-state index contributed by atoms with van der Waals surface area (Å²) in [5.41, 5.74) is 1.24. The maximum atomic E-state index is 12.9. The Morgan fingerprint density at radius 1 is 1.10 bits per heavy atom. The van der Waals surface area contributed by atoms with Gasteiger partial charge in [-0.2, -0.15) is 13.2 Å². The highest BCUT2D eigenvalue weighted by atomic mass is 19.4. The van der Waals surface area contributed by atoms with Crippen LogP contribution in [0.15, 0.2) is 48.5 Å². The summed E-state index contributed by atoms with van der Waals surface area (Å²) in [6, 6.07) is 11.9. The first-order valence-corrected chi connectivity index (χ1v) is 9.63. The van der Waals surface area contributed by atoms with Crippen LogP contribution in [0.25, 0.3) is 0 Å². The number of rotatable bonds is 8. The second-order valence-electron chi connectivity index (χ2n) is 7.28. The van der Waals surface area contributed by atoms with Gasteiger partial charge < -0.3 is 19.5 Å². The summed E-state index contributed by atoms with van der Waals surface area (Å²) in [7, 11) is 1.59. The van der Waals surface area contributed by atoms with Crippen molar-refractivity contribution < 1.29 is 32.5 Å². The molecule has 8 heteroatoms. The Balaban J connectivity index is 1.77. The standard InChI is InChI=1S/C22H24F3NO4/c1-29-10-11-30-14-20-12-17(15-2-6-18(7-3-15)22(23,24)25)13-26(20)19-8-4-16(5-9-19)21(27)28/h2-9,17,20H,10-14H2,1H3,(H,27,28)/t17?,20-/m0/s1. The van der Waals surface area contributed by atoms with E-state index in [9.17, 15) is 18.0 Å². The number of halogens is 3. The number of alkyl halides is 3. The molecule has 1 heterocycles. The first-order valence-electron chi connectivity index (χ1n) is 9.63. The zero-order chi connectivity index (χ0) is 21.7. The number of benzene rings is 2. The van der Waals surface area contributed by atoms with Crippen LogP contribution < -0.4 is 4.90 Å². The second-order valence-corrected chi connectivity index (χ2v) is 7.28. The minimum atomic E-state index is -4.36. The Hall–Kier alpha value is -2.58. The van der Waals surface area contributed by atoms with Crippen molar-refractivity contribution in [2.24, 2.45) is 0 Å². The highest BCUT2D eigenvalue weighted by Crippen LogP contribution is 2.37. The van der Waals surface area contributed by atoms with Crippen LogP contribution in [0, 0.1) is 0 Å². The molecule has 0 aliphatic carbocycles. The highest BCUT2D eigenvalue weighted by Gasteiger charge is 2.34. The van der Waals surface area contributed by atoms with Crippen molar-refractivity contribution in [2.45, 2.75) is 24.6 Å². The van der Waals surface area contributed by atoms with Crippen LogP contribution in [0.2, 0.25) is 0 Å². The van der Waals surface area contributed by atoms with Gasteiger partial charge >= 0.3 is 12.1 Å². The summed E-state index contributed by atoms with van der Waals surface area (Å²) < 4.78 is 49.3. The predicted octanol–water partition coefficient (Wildman–Crippen LogP) is 4.43. The van der Waals surface area contributed by atoms with Crippen molar-refractivity contribution in [3.05, 3.63) is 65.2 Å². The molecule has 162 valence electrons. The predicted molar refractivity (Wildman–Crippen MR) is 106 cm³/mol. The third-order valence-electron chi connectivity index (χ3n) is 5.31. The topological polar surface area (TPSA) is 59.0 Å². The van der Waals surface area contributed by atoms with Crippen molar-refractivity contribution >= 4 is 11.7 Å². The van der Waals surface area contributed by atoms with Crippen LogP contribution in [0.1, 0.15) is 33.8 Å². The molecule has 1 N–H and O–H groups in total. The summed E-state index contributed by atoms with van der Waals surface area (Å²) in [6.07, 6.45) is -3.64. The summed E-state index contributed by atoms with van der Waals surface area (Å²) in [6.45, 7) is 1.98. The molecule has 0 saturated carbocycles. The van der Waals surface area contributed by atoms with Crippen molar-refractivity contribution in [1.29, 1.82) is 0 Å². The number of carbonyl (C=O) groups is 1. The molecular formula is C22H24F3NO4. The van der Waals surface area contributed by atoms with E-state index in [0.717, 1.165) is 29.8 Å². The molecule has 2 atom stereocenters. The number of carboxylic acids is 1. The Morgan fingerprint density at radius 3 is 2.33 bits per heavy atom. The van der Waals surface area contributed by atoms with Gasteiger partial charge in [-0.15, -0.1) is 0 Å². The number of carboxylic acid groups (broad SMARTS) is 1. The van der Waals surface area contributed by atoms with Crippen LogP contribution in [-0.2, 0) is 15.7 Å². The Bertz CT molecular complexity index is 837. The SMILES string of the molecule is COCCOC[C@@H]1CC(c2ccc(C(F)(F)F)cc2)CN1c1ccc(C(=O)O)cc1. The molecule has 30 heavy (non-hydrogen) atoms. The molecule has 1 fully saturated rings. The van der Waals surface area contributed by atoms with Crippen LogP contribution in [0.5, 0.6) is 0 Å². The molecule has 0 spiro atoms. The van der Waals surface area contributed by atoms with E-state index in [1.54, 1.807) is 31.4 Å². The van der Waals surface area contributed by atoms with Gasteiger partial charge in [0.1, 0.15) is 0 Å². The summed E-state index contributed by atoms with van der Waals surface area (Å²) >= 11 is 0. The maximum Gasteiger partial charge on any atom is 0.416 e. The van der Waals surface area contributed by atoms with Gasteiger partial charge in [-0.05, 0) is 48.4 Å². The van der Waals surface area contributed by atoms with Gasteiger partial charge in [0.15, 0.2) is 0 Å². The summed E-state index contributed by atoms with van der Waals surface area (Å²) in [5.74, 6) is -0.951. The van der Waals surface area contributed by atoms with E-state index in [0.29, 0.717) is 26.4 Å². The lowest BCUT2D eigenvalue weighted by Gasteiger charge is -2.26. The fourth-order valence-electron chi connectivity index (χ4n) is 3.73. The molecule has 3 rings (SSSR count). The molecule has 0 amide bonds. The molecule has 2 aromatic rings. The zero-order valence-corrected chi connectivity index (χ0v) is 16.6. The Labute approximate surface area is 173 Å². The third kappa shape index (κ3) is 5.31. The lowest BCUT2D eigenvalue weighted by atomic mass is 9.95. The first kappa shape index (κ1) is 22.1. The van der Waals surface area contributed by atoms with Crippen molar-refractivity contribution in [3.63, 3.8) is 0 Å². The zero-order valence-electron chi connectivity index (χ0n) is 16.6. The molecular weight excluding hydrogens is 399 g/mol. The molecule has 1 unspecified atom stereocenters. The first-order chi connectivity index (χ1) is 14.3. The van der Waals surface area contributed by atoms with Gasteiger partial charge in [-0.3, -0.25) is 0 Å². The Morgan fingerprint density at radius 2 is 1.77 bits per heavy atom. The van der Waals surface area contributed by atoms with E-state index in [-0.39, 0.29) is 17.5 Å². The van der Waals surface area contributed by atoms with E-state index in [1.165, 1.54) is 12.1 Å². The van der Waals surface area contributed by atoms with Gasteiger partial charge in [-0.1, -0.05) is 12.1 Å². The third-order valence-corrected chi connectivity index (χ3v) is 5.31. The fraction of sp³-hybridized carbons (Fsp3) is 0.409. The molecule has 0 aromatic heterocycles. The van der Waals surface area contributed by atoms with E-state index in [1.807, 2.05) is 0 Å². The molecule has 0 radical (unpaired) electrons. The Kier molecular flexibility index (Phi) is 6.99. The van der Waals surface area contributed by atoms with Gasteiger partial charge in [-0.25, -0.2) is 4.79 Å². The van der Waals surface area contributed by atoms with E-state index < -0.39 is 17.7 Å². The molecule has 1 saturated heterocycles. The lowest BCUT2D eigenvalue weighted by molar-refractivity contribution is -0.137. The number of aromatic carboxylic acids is 1. The number of nitrogens with zero attached hydrogens (tertiary/aromatic N) is 1. The average Bonchev–Trinajstić information content (AvgIpc) is 3.15. The van der Waals surface area contributed by atoms with Gasteiger partial charge in [0.2, 0.25) is 0 Å². The smallest absolute Gasteiger partial charge is 0.416 e. The fourth-order valence-corrected chi connectivity index (χ4v) is 3.73. The quantitative estimate of drug-likeness (QED) is 0.637. The van der Waals surface area contributed by atoms with Crippen molar-refractivity contribution in [1.82, 2.24) is 0 Å². The number of hydrogen-bond acceptors (Lipinski definition) is 4. The van der Waals surface area contributed by atoms with Crippen LogP contribution in [0.3, 0.4) is 0 Å². The van der Waals surface area contributed by atoms with E-state index in [4.69, 9.17) is 14.6 Å². The molecule has 0 bridgehead atoms. The van der Waals surface area contributed by atoms with Gasteiger partial charge in [0, 0.05) is 25.3 Å². The number of methoxy groups -OCH3 is 1. The lowest BCUT2D eigenvalue weighted by Crippen LogP contribution is -2.33. The van der Waals surface area contributed by atoms with Crippen molar-refractivity contribution in [3.8, 4) is 0 Å². The van der Waals surface area contributed by atoms with Gasteiger partial charge in [0.05, 0.1) is 37.0 Å². The molecule has 1 aliphatic heterocycles. The monoisotopic (exact) mass is 423 g/mol. The minimum absolute atomic E-state index is 0.0184. The summed E-state index contributed by atoms with van der Waals surface area (Å²) in [4.78, 5) is 13.2.